The van der Waals surface area contributed by atoms with Crippen LogP contribution in [0.4, 0.5) is 5.69 Å². The van der Waals surface area contributed by atoms with E-state index in [1.165, 1.54) is 4.90 Å². The molecule has 1 aliphatic rings. The number of anilines is 1. The first kappa shape index (κ1) is 15.2. The number of para-hydroxylation sites is 1. The first-order valence-electron chi connectivity index (χ1n) is 7.61. The number of carbonyl (C=O) groups is 1. The SMILES string of the molecule is Cc1noc(C)c1CCC(=O)N1CCCSc2ccccc21. The number of aromatic nitrogens is 1. The lowest BCUT2D eigenvalue weighted by Gasteiger charge is -2.22. The Hall–Kier alpha value is -1.75. The average Bonchev–Trinajstić information content (AvgIpc) is 2.74. The number of aryl methyl sites for hydroxylation is 2. The highest BCUT2D eigenvalue weighted by Crippen LogP contribution is 2.34. The minimum Gasteiger partial charge on any atom is -0.361 e. The topological polar surface area (TPSA) is 46.3 Å². The summed E-state index contributed by atoms with van der Waals surface area (Å²) in [5.74, 6) is 2.05. The van der Waals surface area contributed by atoms with Crippen molar-refractivity contribution >= 4 is 23.4 Å². The number of amides is 1. The molecule has 0 aliphatic carbocycles. The Morgan fingerprint density at radius 1 is 1.36 bits per heavy atom. The molecule has 0 bridgehead atoms. The van der Waals surface area contributed by atoms with Gasteiger partial charge in [0.15, 0.2) is 0 Å². The largest absolute Gasteiger partial charge is 0.361 e. The molecule has 2 heterocycles. The van der Waals surface area contributed by atoms with Crippen LogP contribution in [-0.4, -0.2) is 23.4 Å². The van der Waals surface area contributed by atoms with E-state index in [1.54, 1.807) is 0 Å². The molecule has 1 aromatic carbocycles. The van der Waals surface area contributed by atoms with E-state index in [2.05, 4.69) is 11.2 Å². The number of thioether (sulfide) groups is 1. The Morgan fingerprint density at radius 2 is 2.18 bits per heavy atom. The van der Waals surface area contributed by atoms with Crippen LogP contribution in [0.25, 0.3) is 0 Å². The highest BCUT2D eigenvalue weighted by molar-refractivity contribution is 7.99. The van der Waals surface area contributed by atoms with E-state index >= 15 is 0 Å². The Morgan fingerprint density at radius 3 is 2.95 bits per heavy atom. The molecule has 22 heavy (non-hydrogen) atoms. The van der Waals surface area contributed by atoms with E-state index in [-0.39, 0.29) is 5.91 Å². The van der Waals surface area contributed by atoms with E-state index in [9.17, 15) is 4.79 Å². The molecule has 116 valence electrons. The van der Waals surface area contributed by atoms with Gasteiger partial charge in [0.2, 0.25) is 5.91 Å². The van der Waals surface area contributed by atoms with E-state index in [4.69, 9.17) is 4.52 Å². The van der Waals surface area contributed by atoms with Gasteiger partial charge < -0.3 is 9.42 Å². The predicted octanol–water partition coefficient (Wildman–Crippen LogP) is 3.75. The summed E-state index contributed by atoms with van der Waals surface area (Å²) in [6.07, 6.45) is 2.20. The summed E-state index contributed by atoms with van der Waals surface area (Å²) >= 11 is 1.83. The summed E-state index contributed by atoms with van der Waals surface area (Å²) in [5, 5.41) is 3.95. The van der Waals surface area contributed by atoms with Crippen LogP contribution >= 0.6 is 11.8 Å². The van der Waals surface area contributed by atoms with Gasteiger partial charge in [0.05, 0.1) is 11.4 Å². The van der Waals surface area contributed by atoms with Crippen LogP contribution < -0.4 is 4.90 Å². The summed E-state index contributed by atoms with van der Waals surface area (Å²) in [7, 11) is 0. The zero-order valence-electron chi connectivity index (χ0n) is 13.0. The van der Waals surface area contributed by atoms with Gasteiger partial charge in [-0.1, -0.05) is 17.3 Å². The van der Waals surface area contributed by atoms with E-state index in [0.29, 0.717) is 12.8 Å². The van der Waals surface area contributed by atoms with Gasteiger partial charge in [0, 0.05) is 23.4 Å². The zero-order chi connectivity index (χ0) is 15.5. The molecule has 0 fully saturated rings. The molecule has 1 aromatic heterocycles. The maximum absolute atomic E-state index is 12.7. The minimum absolute atomic E-state index is 0.176. The molecule has 1 aliphatic heterocycles. The molecule has 0 spiro atoms. The number of hydrogen-bond donors (Lipinski definition) is 0. The van der Waals surface area contributed by atoms with Crippen molar-refractivity contribution < 1.29 is 9.32 Å². The molecule has 0 N–H and O–H groups in total. The third kappa shape index (κ3) is 3.04. The minimum atomic E-state index is 0.176. The van der Waals surface area contributed by atoms with Crippen LogP contribution in [0.5, 0.6) is 0 Å². The van der Waals surface area contributed by atoms with Crippen LogP contribution in [0.15, 0.2) is 33.7 Å². The normalized spacial score (nSPS) is 14.5. The second-order valence-electron chi connectivity index (χ2n) is 5.52. The molecule has 0 radical (unpaired) electrons. The van der Waals surface area contributed by atoms with Crippen molar-refractivity contribution in [2.45, 2.75) is 38.0 Å². The lowest BCUT2D eigenvalue weighted by Crippen LogP contribution is -2.32. The number of fused-ring (bicyclic) bond motifs is 1. The van der Waals surface area contributed by atoms with Gasteiger partial charge in [0.25, 0.3) is 0 Å². The molecular weight excluding hydrogens is 296 g/mol. The van der Waals surface area contributed by atoms with Gasteiger partial charge in [-0.05, 0) is 44.6 Å². The predicted molar refractivity (Wildman–Crippen MR) is 88.4 cm³/mol. The highest BCUT2D eigenvalue weighted by atomic mass is 32.2. The molecule has 4 nitrogen and oxygen atoms in total. The summed E-state index contributed by atoms with van der Waals surface area (Å²) in [5.41, 5.74) is 3.00. The number of nitrogens with zero attached hydrogens (tertiary/aromatic N) is 2. The van der Waals surface area contributed by atoms with Crippen LogP contribution in [-0.2, 0) is 11.2 Å². The first-order valence-corrected chi connectivity index (χ1v) is 8.59. The fourth-order valence-electron chi connectivity index (χ4n) is 2.81. The van der Waals surface area contributed by atoms with Gasteiger partial charge >= 0.3 is 0 Å². The second kappa shape index (κ2) is 6.57. The maximum Gasteiger partial charge on any atom is 0.227 e. The van der Waals surface area contributed by atoms with Gasteiger partial charge in [-0.2, -0.15) is 0 Å². The lowest BCUT2D eigenvalue weighted by atomic mass is 10.1. The van der Waals surface area contributed by atoms with E-state index in [0.717, 1.165) is 41.4 Å². The van der Waals surface area contributed by atoms with Crippen LogP contribution in [0.2, 0.25) is 0 Å². The van der Waals surface area contributed by atoms with Gasteiger partial charge in [-0.3, -0.25) is 4.79 Å². The second-order valence-corrected chi connectivity index (χ2v) is 6.65. The summed E-state index contributed by atoms with van der Waals surface area (Å²) < 4.78 is 5.17. The van der Waals surface area contributed by atoms with Crippen LogP contribution in [0.1, 0.15) is 29.9 Å². The molecule has 0 unspecified atom stereocenters. The van der Waals surface area contributed by atoms with Crippen LogP contribution in [0.3, 0.4) is 0 Å². The Balaban J connectivity index is 1.75. The quantitative estimate of drug-likeness (QED) is 0.865. The molecule has 3 rings (SSSR count). The molecule has 5 heteroatoms. The lowest BCUT2D eigenvalue weighted by molar-refractivity contribution is -0.118. The number of carbonyl (C=O) groups excluding carboxylic acids is 1. The Bertz CT molecular complexity index is 662. The fourth-order valence-corrected chi connectivity index (χ4v) is 3.81. The third-order valence-electron chi connectivity index (χ3n) is 4.01. The molecular formula is C17H20N2O2S. The standard InChI is InChI=1S/C17H20N2O2S/c1-12-14(13(2)21-18-12)8-9-17(20)19-10-5-11-22-16-7-4-3-6-15(16)19/h3-4,6-7H,5,8-11H2,1-2H3. The van der Waals surface area contributed by atoms with Crippen molar-refractivity contribution in [1.82, 2.24) is 5.16 Å². The third-order valence-corrected chi connectivity index (χ3v) is 5.16. The van der Waals surface area contributed by atoms with E-state index in [1.807, 2.05) is 48.7 Å². The average molecular weight is 316 g/mol. The van der Waals surface area contributed by atoms with Crippen molar-refractivity contribution in [3.05, 3.63) is 41.3 Å². The first-order chi connectivity index (χ1) is 10.7. The summed E-state index contributed by atoms with van der Waals surface area (Å²) in [6.45, 7) is 4.62. The zero-order valence-corrected chi connectivity index (χ0v) is 13.8. The van der Waals surface area contributed by atoms with Crippen molar-refractivity contribution in [3.63, 3.8) is 0 Å². The number of benzene rings is 1. The molecule has 0 atom stereocenters. The fraction of sp³-hybridized carbons (Fsp3) is 0.412. The molecule has 0 saturated heterocycles. The number of hydrogen-bond acceptors (Lipinski definition) is 4. The van der Waals surface area contributed by atoms with Crippen LogP contribution in [0, 0.1) is 13.8 Å². The number of rotatable bonds is 3. The van der Waals surface area contributed by atoms with Crippen molar-refractivity contribution in [2.75, 3.05) is 17.2 Å². The van der Waals surface area contributed by atoms with E-state index < -0.39 is 0 Å². The van der Waals surface area contributed by atoms with Crippen molar-refractivity contribution in [1.29, 1.82) is 0 Å². The van der Waals surface area contributed by atoms with Gasteiger partial charge in [-0.15, -0.1) is 11.8 Å². The summed E-state index contributed by atoms with van der Waals surface area (Å²) in [6, 6.07) is 8.17. The Labute approximate surface area is 134 Å². The van der Waals surface area contributed by atoms with Gasteiger partial charge in [0.1, 0.15) is 5.76 Å². The molecule has 0 saturated carbocycles. The molecule has 2 aromatic rings. The van der Waals surface area contributed by atoms with Crippen molar-refractivity contribution in [3.8, 4) is 0 Å². The van der Waals surface area contributed by atoms with Crippen molar-refractivity contribution in [2.24, 2.45) is 0 Å². The Kier molecular flexibility index (Phi) is 4.52. The smallest absolute Gasteiger partial charge is 0.227 e. The maximum atomic E-state index is 12.7. The molecule has 1 amide bonds. The van der Waals surface area contributed by atoms with Gasteiger partial charge in [-0.25, -0.2) is 0 Å². The monoisotopic (exact) mass is 316 g/mol. The highest BCUT2D eigenvalue weighted by Gasteiger charge is 2.21. The summed E-state index contributed by atoms with van der Waals surface area (Å²) in [4.78, 5) is 15.8.